The zero-order valence-electron chi connectivity index (χ0n) is 52.2. The number of fused-ring (bicyclic) bond motifs is 9. The van der Waals surface area contributed by atoms with Gasteiger partial charge in [-0.1, -0.05) is 145 Å². The predicted molar refractivity (Wildman–Crippen MR) is 239 cm³/mol. The van der Waals surface area contributed by atoms with Crippen molar-refractivity contribution < 1.29 is 35.9 Å². The second kappa shape index (κ2) is 12.5. The summed E-state index contributed by atoms with van der Waals surface area (Å²) in [6.07, 6.45) is 0. The highest BCUT2D eigenvalue weighted by Gasteiger charge is 2.19. The number of aromatic nitrogens is 2. The average molecular weight is 750 g/mol. The van der Waals surface area contributed by atoms with Gasteiger partial charge in [0.2, 0.25) is 0 Å². The van der Waals surface area contributed by atoms with Crippen molar-refractivity contribution in [2.24, 2.45) is 0 Å². The van der Waals surface area contributed by atoms with Crippen LogP contribution in [0.1, 0.15) is 31.5 Å². The molecule has 0 spiro atoms. The number of hydrogen-bond acceptors (Lipinski definition) is 1. The largest absolute Gasteiger partial charge is 0.454 e. The highest BCUT2D eigenvalue weighted by Crippen LogP contribution is 2.41. The fourth-order valence-electron chi connectivity index (χ4n) is 7.44. The maximum atomic E-state index is 10.0. The lowest BCUT2D eigenvalue weighted by atomic mass is 10.0. The molecule has 57 heavy (non-hydrogen) atoms. The molecule has 0 aliphatic heterocycles. The molecule has 3 heteroatoms. The van der Waals surface area contributed by atoms with Gasteiger partial charge in [0.15, 0.2) is 5.58 Å². The first-order valence-corrected chi connectivity index (χ1v) is 17.6. The van der Waals surface area contributed by atoms with Crippen LogP contribution in [0.15, 0.2) is 210 Å². The Bertz CT molecular complexity index is 4840. The van der Waals surface area contributed by atoms with Gasteiger partial charge >= 0.3 is 0 Å². The molecule has 0 atom stereocenters. The molecule has 0 aliphatic rings. The zero-order valence-corrected chi connectivity index (χ0v) is 29.2. The first-order valence-electron chi connectivity index (χ1n) is 29.1. The molecule has 0 fully saturated rings. The molecule has 0 N–H and O–H groups in total. The maximum absolute atomic E-state index is 10.0. The quantitative estimate of drug-likeness (QED) is 0.172. The average Bonchev–Trinajstić information content (AvgIpc) is 4.27. The lowest BCUT2D eigenvalue weighted by Crippen LogP contribution is -1.95. The van der Waals surface area contributed by atoms with E-state index in [4.69, 9.17) is 22.2 Å². The Balaban J connectivity index is 1.21. The zero-order chi connectivity index (χ0) is 57.5. The van der Waals surface area contributed by atoms with Gasteiger partial charge in [-0.05, 0) is 93.9 Å². The number of furan rings is 1. The van der Waals surface area contributed by atoms with Crippen molar-refractivity contribution in [1.29, 1.82) is 0 Å². The van der Waals surface area contributed by atoms with Crippen molar-refractivity contribution in [3.05, 3.63) is 206 Å². The van der Waals surface area contributed by atoms with Gasteiger partial charge in [-0.3, -0.25) is 0 Å². The molecule has 0 amide bonds. The summed E-state index contributed by atoms with van der Waals surface area (Å²) in [5, 5.41) is -1.61. The molecule has 266 valence electrons. The number of hydrogen-bond donors (Lipinski definition) is 0. The highest BCUT2D eigenvalue weighted by atomic mass is 16.3. The predicted octanol–water partition coefficient (Wildman–Crippen LogP) is 14.8. The highest BCUT2D eigenvalue weighted by molar-refractivity contribution is 6.14. The Morgan fingerprint density at radius 2 is 1.07 bits per heavy atom. The summed E-state index contributed by atoms with van der Waals surface area (Å²) in [4.78, 5) is 0. The van der Waals surface area contributed by atoms with Gasteiger partial charge < -0.3 is 13.6 Å². The van der Waals surface area contributed by atoms with Gasteiger partial charge in [-0.15, -0.1) is 0 Å². The normalized spacial score (nSPS) is 17.5. The van der Waals surface area contributed by atoms with E-state index in [1.165, 1.54) is 10.6 Å². The van der Waals surface area contributed by atoms with Crippen LogP contribution in [0.5, 0.6) is 0 Å². The van der Waals surface area contributed by atoms with Crippen molar-refractivity contribution in [3.63, 3.8) is 0 Å². The van der Waals surface area contributed by atoms with Crippen LogP contribution >= 0.6 is 0 Å². The second-order valence-corrected chi connectivity index (χ2v) is 13.1. The molecular formula is C54H34N2O. The minimum atomic E-state index is -0.825. The third kappa shape index (κ3) is 4.92. The van der Waals surface area contributed by atoms with E-state index in [1.54, 1.807) is 18.2 Å². The van der Waals surface area contributed by atoms with Crippen LogP contribution in [0.3, 0.4) is 0 Å². The summed E-state index contributed by atoms with van der Waals surface area (Å²) < 4.78 is 217. The topological polar surface area (TPSA) is 23.0 Å². The summed E-state index contributed by atoms with van der Waals surface area (Å²) in [5.41, 5.74) is -2.34. The van der Waals surface area contributed by atoms with E-state index in [-0.39, 0.29) is 43.7 Å². The molecule has 12 aromatic rings. The van der Waals surface area contributed by atoms with Crippen molar-refractivity contribution in [2.45, 2.75) is 0 Å². The first-order chi connectivity index (χ1) is 37.8. The SMILES string of the molecule is [2H]c1cc2c(c([2H])c1[2H])c1c([2H])c(-c3cc4c(c([2H])c3[2H])c3c([2H])c([2H])c([2H])c([2H])c3n4-c3cccc(-c4ccccc4)c3)c([2H])c([2H])c1n2-c1c([2H])c([2H])c([2H])c2c1oc1c([2H])c(-c3c([2H])c([2H])c([2H])c([2H])c3[2H])c([2H])c([2H])c12. The number of para-hydroxylation sites is 3. The summed E-state index contributed by atoms with van der Waals surface area (Å²) in [6, 6.07) is 2.70. The van der Waals surface area contributed by atoms with Crippen molar-refractivity contribution >= 4 is 65.6 Å². The van der Waals surface area contributed by atoms with Crippen LogP contribution in [0, 0.1) is 0 Å². The monoisotopic (exact) mass is 749 g/mol. The van der Waals surface area contributed by atoms with Gasteiger partial charge in [0.05, 0.1) is 59.3 Å². The summed E-state index contributed by atoms with van der Waals surface area (Å²) in [7, 11) is 0. The molecule has 0 bridgehead atoms. The fraction of sp³-hybridized carbons (Fsp3) is 0. The molecule has 0 saturated heterocycles. The molecule has 9 aromatic carbocycles. The van der Waals surface area contributed by atoms with Crippen molar-refractivity contribution in [3.8, 4) is 44.8 Å². The van der Waals surface area contributed by atoms with Gasteiger partial charge in [0.25, 0.3) is 0 Å². The molecule has 3 aromatic heterocycles. The third-order valence-corrected chi connectivity index (χ3v) is 9.97. The summed E-state index contributed by atoms with van der Waals surface area (Å²) >= 11 is 0. The summed E-state index contributed by atoms with van der Waals surface area (Å²) in [6.45, 7) is 0. The molecule has 12 rings (SSSR count). The van der Waals surface area contributed by atoms with Crippen LogP contribution in [-0.4, -0.2) is 9.13 Å². The van der Waals surface area contributed by atoms with Crippen LogP contribution < -0.4 is 0 Å². The molecule has 0 unspecified atom stereocenters. The molecule has 3 nitrogen and oxygen atoms in total. The minimum Gasteiger partial charge on any atom is -0.454 e. The van der Waals surface area contributed by atoms with Gasteiger partial charge in [-0.25, -0.2) is 0 Å². The summed E-state index contributed by atoms with van der Waals surface area (Å²) in [5.74, 6) is 0. The molecule has 0 saturated carbocycles. The molecule has 0 aliphatic carbocycles. The van der Waals surface area contributed by atoms with E-state index in [0.717, 1.165) is 16.2 Å². The maximum Gasteiger partial charge on any atom is 0.159 e. The Morgan fingerprint density at radius 1 is 0.368 bits per heavy atom. The Labute approximate surface area is 361 Å². The molecule has 0 radical (unpaired) electrons. The van der Waals surface area contributed by atoms with E-state index in [2.05, 4.69) is 0 Å². The van der Waals surface area contributed by atoms with E-state index in [9.17, 15) is 13.7 Å². The van der Waals surface area contributed by atoms with E-state index in [0.29, 0.717) is 11.3 Å². The van der Waals surface area contributed by atoms with Gasteiger partial charge in [0.1, 0.15) is 5.58 Å². The number of nitrogens with zero attached hydrogens (tertiary/aromatic N) is 2. The van der Waals surface area contributed by atoms with E-state index >= 15 is 0 Å². The fourth-order valence-corrected chi connectivity index (χ4v) is 7.44. The first kappa shape index (κ1) is 16.6. The molecular weight excluding hydrogens is 693 g/mol. The van der Waals surface area contributed by atoms with Crippen LogP contribution in [0.25, 0.3) is 110 Å². The van der Waals surface area contributed by atoms with Crippen LogP contribution in [-0.2, 0) is 0 Å². The van der Waals surface area contributed by atoms with Crippen LogP contribution in [0.4, 0.5) is 0 Å². The Kier molecular flexibility index (Phi) is 3.63. The second-order valence-electron chi connectivity index (χ2n) is 13.1. The number of rotatable bonds is 5. The van der Waals surface area contributed by atoms with Crippen molar-refractivity contribution in [2.75, 3.05) is 0 Å². The van der Waals surface area contributed by atoms with Crippen molar-refractivity contribution in [1.82, 2.24) is 9.13 Å². The molecule has 3 heterocycles. The van der Waals surface area contributed by atoms with E-state index in [1.807, 2.05) is 36.4 Å². The van der Waals surface area contributed by atoms with Gasteiger partial charge in [-0.2, -0.15) is 0 Å². The lowest BCUT2D eigenvalue weighted by Gasteiger charge is -2.11. The lowest BCUT2D eigenvalue weighted by molar-refractivity contribution is 0.666. The van der Waals surface area contributed by atoms with E-state index < -0.39 is 189 Å². The minimum absolute atomic E-state index is 0.0407. The Morgan fingerprint density at radius 3 is 1.98 bits per heavy atom. The number of benzene rings is 9. The van der Waals surface area contributed by atoms with Crippen LogP contribution in [0.2, 0.25) is 0 Å². The standard InChI is InChI=1S/C54H34N2O/c1-3-13-35(14-4-1)37-17-11-18-41(31-37)55-48-22-9-7-19-42(48)44-28-25-39(33-52(44)55)38-27-30-50-47(32-38)43-20-8-10-23-49(43)56(50)51-24-12-21-46-45-29-26-40(34-53(45)57-54(46)51)36-15-5-2-6-16-36/h1-34H/i2D,5D,6D,7D,8D,9D,10D,12D,15D,16D,19D,20D,21D,22D,24D,25D,26D,27D,28D,29D,30D,32D,34D. The third-order valence-electron chi connectivity index (χ3n) is 9.97. The Hall–Kier alpha value is -7.62. The smallest absolute Gasteiger partial charge is 0.159 e. The van der Waals surface area contributed by atoms with Gasteiger partial charge in [0, 0.05) is 38.0 Å².